The highest BCUT2D eigenvalue weighted by atomic mass is 35.5. The van der Waals surface area contributed by atoms with Gasteiger partial charge in [0, 0.05) is 0 Å². The first-order chi connectivity index (χ1) is 6.58. The zero-order valence-electron chi connectivity index (χ0n) is 7.79. The van der Waals surface area contributed by atoms with Gasteiger partial charge in [-0.3, -0.25) is 0 Å². The van der Waals surface area contributed by atoms with Crippen LogP contribution >= 0.6 is 23.2 Å². The molecular weight excluding hydrogens is 225 g/mol. The summed E-state index contributed by atoms with van der Waals surface area (Å²) in [6, 6.07) is 0.132. The molecule has 14 heavy (non-hydrogen) atoms. The van der Waals surface area contributed by atoms with Crippen LogP contribution in [0.1, 0.15) is 13.8 Å². The minimum absolute atomic E-state index is 0.0252. The van der Waals surface area contributed by atoms with Crippen molar-refractivity contribution in [3.8, 4) is 6.01 Å². The van der Waals surface area contributed by atoms with E-state index in [4.69, 9.17) is 27.9 Å². The Labute approximate surface area is 91.9 Å². The second kappa shape index (κ2) is 5.12. The average Bonchev–Trinajstić information content (AvgIpc) is 2.01. The largest absolute Gasteiger partial charge is 0.459 e. The fourth-order valence-corrected chi connectivity index (χ4v) is 1.00. The van der Waals surface area contributed by atoms with Crippen LogP contribution in [0.3, 0.4) is 0 Å². The number of aromatic nitrogens is 3. The molecule has 1 heterocycles. The highest BCUT2D eigenvalue weighted by molar-refractivity contribution is 6.31. The van der Waals surface area contributed by atoms with E-state index < -0.39 is 0 Å². The molecule has 0 aliphatic rings. The molecule has 4 nitrogen and oxygen atoms in total. The third kappa shape index (κ3) is 3.89. The number of hydrogen-bond acceptors (Lipinski definition) is 4. The van der Waals surface area contributed by atoms with Crippen LogP contribution < -0.4 is 4.74 Å². The smallest absolute Gasteiger partial charge is 0.322 e. The van der Waals surface area contributed by atoms with Crippen molar-refractivity contribution in [2.45, 2.75) is 13.8 Å². The lowest BCUT2D eigenvalue weighted by molar-refractivity contribution is 0.331. The van der Waals surface area contributed by atoms with Crippen LogP contribution in [0.4, 0.5) is 0 Å². The fraction of sp³-hybridized carbons (Fsp3) is 0.375. The van der Waals surface area contributed by atoms with Gasteiger partial charge in [0.2, 0.25) is 10.6 Å². The van der Waals surface area contributed by atoms with E-state index in [1.165, 1.54) is 0 Å². The maximum absolute atomic E-state index is 5.55. The first-order valence-corrected chi connectivity index (χ1v) is 4.67. The molecule has 76 valence electrons. The predicted molar refractivity (Wildman–Crippen MR) is 54.8 cm³/mol. The molecule has 0 unspecified atom stereocenters. The van der Waals surface area contributed by atoms with Crippen molar-refractivity contribution in [3.05, 3.63) is 22.2 Å². The van der Waals surface area contributed by atoms with Gasteiger partial charge in [0.15, 0.2) is 0 Å². The maximum atomic E-state index is 5.55. The minimum atomic E-state index is 0.0252. The van der Waals surface area contributed by atoms with Gasteiger partial charge in [-0.15, -0.1) is 0 Å². The molecule has 0 amide bonds. The van der Waals surface area contributed by atoms with E-state index in [1.54, 1.807) is 0 Å². The lowest BCUT2D eigenvalue weighted by Crippen LogP contribution is -2.00. The van der Waals surface area contributed by atoms with Crippen LogP contribution in [-0.4, -0.2) is 21.6 Å². The molecule has 0 fully saturated rings. The molecule has 0 saturated heterocycles. The van der Waals surface area contributed by atoms with Crippen molar-refractivity contribution in [1.82, 2.24) is 15.0 Å². The highest BCUT2D eigenvalue weighted by Crippen LogP contribution is 2.11. The average molecular weight is 234 g/mol. The number of nitrogens with zero attached hydrogens (tertiary/aromatic N) is 3. The van der Waals surface area contributed by atoms with E-state index >= 15 is 0 Å². The first-order valence-electron chi connectivity index (χ1n) is 3.91. The standard InChI is InChI=1S/C8H9Cl2N3O/c1-5(2)3-4-14-8-12-6(9)11-7(10)13-8/h3H,4H2,1-2H3. The Balaban J connectivity index is 2.63. The summed E-state index contributed by atoms with van der Waals surface area (Å²) in [6.45, 7) is 4.33. The summed E-state index contributed by atoms with van der Waals surface area (Å²) in [6.07, 6.45) is 1.89. The third-order valence-electron chi connectivity index (χ3n) is 1.26. The van der Waals surface area contributed by atoms with Crippen molar-refractivity contribution >= 4 is 23.2 Å². The molecule has 0 N–H and O–H groups in total. The molecule has 0 radical (unpaired) electrons. The van der Waals surface area contributed by atoms with Gasteiger partial charge in [0.1, 0.15) is 6.61 Å². The predicted octanol–water partition coefficient (Wildman–Crippen LogP) is 2.52. The summed E-state index contributed by atoms with van der Waals surface area (Å²) in [4.78, 5) is 11.1. The number of ether oxygens (including phenoxy) is 1. The third-order valence-corrected chi connectivity index (χ3v) is 1.60. The van der Waals surface area contributed by atoms with E-state index in [1.807, 2.05) is 19.9 Å². The molecule has 1 aromatic rings. The Hall–Kier alpha value is -0.870. The van der Waals surface area contributed by atoms with E-state index in [0.29, 0.717) is 6.61 Å². The quantitative estimate of drug-likeness (QED) is 0.754. The summed E-state index contributed by atoms with van der Waals surface area (Å²) in [5.74, 6) is 0. The second-order valence-electron chi connectivity index (χ2n) is 2.75. The Morgan fingerprint density at radius 2 is 1.79 bits per heavy atom. The van der Waals surface area contributed by atoms with Gasteiger partial charge in [-0.05, 0) is 43.1 Å². The lowest BCUT2D eigenvalue weighted by Gasteiger charge is -2.01. The van der Waals surface area contributed by atoms with Gasteiger partial charge in [-0.2, -0.15) is 15.0 Å². The van der Waals surface area contributed by atoms with E-state index in [9.17, 15) is 0 Å². The zero-order valence-corrected chi connectivity index (χ0v) is 9.30. The van der Waals surface area contributed by atoms with Crippen LogP contribution in [-0.2, 0) is 0 Å². The second-order valence-corrected chi connectivity index (χ2v) is 3.42. The van der Waals surface area contributed by atoms with Crippen molar-refractivity contribution in [1.29, 1.82) is 0 Å². The summed E-state index contributed by atoms with van der Waals surface area (Å²) in [5.41, 5.74) is 1.15. The zero-order chi connectivity index (χ0) is 10.6. The molecule has 0 aliphatic heterocycles. The highest BCUT2D eigenvalue weighted by Gasteiger charge is 2.02. The van der Waals surface area contributed by atoms with Crippen LogP contribution in [0.15, 0.2) is 11.6 Å². The molecule has 0 atom stereocenters. The molecule has 6 heteroatoms. The lowest BCUT2D eigenvalue weighted by atomic mass is 10.3. The first kappa shape index (κ1) is 11.2. The Kier molecular flexibility index (Phi) is 4.10. The molecule has 0 spiro atoms. The molecule has 1 aromatic heterocycles. The SMILES string of the molecule is CC(C)=CCOc1nc(Cl)nc(Cl)n1. The topological polar surface area (TPSA) is 47.9 Å². The molecule has 1 rings (SSSR count). The maximum Gasteiger partial charge on any atom is 0.322 e. The Morgan fingerprint density at radius 1 is 1.21 bits per heavy atom. The van der Waals surface area contributed by atoms with Crippen molar-refractivity contribution in [2.24, 2.45) is 0 Å². The van der Waals surface area contributed by atoms with Crippen molar-refractivity contribution in [3.63, 3.8) is 0 Å². The Bertz CT molecular complexity index is 330. The number of allylic oxidation sites excluding steroid dienone is 1. The Morgan fingerprint density at radius 3 is 2.29 bits per heavy atom. The van der Waals surface area contributed by atoms with Gasteiger partial charge >= 0.3 is 6.01 Å². The number of halogens is 2. The number of rotatable bonds is 3. The van der Waals surface area contributed by atoms with E-state index in [0.717, 1.165) is 5.57 Å². The minimum Gasteiger partial charge on any atom is -0.459 e. The normalized spacial score (nSPS) is 9.71. The molecular formula is C8H9Cl2N3O. The van der Waals surface area contributed by atoms with Gasteiger partial charge in [-0.1, -0.05) is 5.57 Å². The van der Waals surface area contributed by atoms with E-state index in [2.05, 4.69) is 15.0 Å². The van der Waals surface area contributed by atoms with Gasteiger partial charge in [0.05, 0.1) is 0 Å². The van der Waals surface area contributed by atoms with Crippen LogP contribution in [0.2, 0.25) is 10.6 Å². The van der Waals surface area contributed by atoms with Crippen LogP contribution in [0.25, 0.3) is 0 Å². The summed E-state index contributed by atoms with van der Waals surface area (Å²) in [7, 11) is 0. The van der Waals surface area contributed by atoms with E-state index in [-0.39, 0.29) is 16.6 Å². The van der Waals surface area contributed by atoms with Crippen molar-refractivity contribution in [2.75, 3.05) is 6.61 Å². The summed E-state index contributed by atoms with van der Waals surface area (Å²) in [5, 5.41) is 0.0504. The van der Waals surface area contributed by atoms with Gasteiger partial charge < -0.3 is 4.74 Å². The van der Waals surface area contributed by atoms with Crippen LogP contribution in [0, 0.1) is 0 Å². The fourth-order valence-electron chi connectivity index (χ4n) is 0.656. The summed E-state index contributed by atoms with van der Waals surface area (Å²) < 4.78 is 5.17. The van der Waals surface area contributed by atoms with Crippen LogP contribution in [0.5, 0.6) is 6.01 Å². The van der Waals surface area contributed by atoms with Crippen molar-refractivity contribution < 1.29 is 4.74 Å². The van der Waals surface area contributed by atoms with Gasteiger partial charge in [-0.25, -0.2) is 0 Å². The summed E-state index contributed by atoms with van der Waals surface area (Å²) >= 11 is 11.1. The molecule has 0 aliphatic carbocycles. The molecule has 0 aromatic carbocycles. The number of hydrogen-bond donors (Lipinski definition) is 0. The molecule has 0 saturated carbocycles. The monoisotopic (exact) mass is 233 g/mol. The van der Waals surface area contributed by atoms with Gasteiger partial charge in [0.25, 0.3) is 0 Å². The molecule has 0 bridgehead atoms.